The van der Waals surface area contributed by atoms with E-state index in [1.165, 1.54) is 17.3 Å². The average Bonchev–Trinajstić information content (AvgIpc) is 3.00. The molecule has 1 aromatic carbocycles. The van der Waals surface area contributed by atoms with Gasteiger partial charge < -0.3 is 9.80 Å². The molecule has 0 bridgehead atoms. The van der Waals surface area contributed by atoms with Crippen molar-refractivity contribution in [2.45, 2.75) is 12.5 Å². The van der Waals surface area contributed by atoms with Crippen LogP contribution < -0.4 is 9.80 Å². The monoisotopic (exact) mass is 360 g/mol. The molecule has 3 rings (SSSR count). The maximum Gasteiger partial charge on any atom is 0.261 e. The first-order valence-electron chi connectivity index (χ1n) is 7.96. The van der Waals surface area contributed by atoms with Crippen molar-refractivity contribution in [2.24, 2.45) is 0 Å². The van der Waals surface area contributed by atoms with Gasteiger partial charge >= 0.3 is 0 Å². The Kier molecular flexibility index (Phi) is 4.71. The summed E-state index contributed by atoms with van der Waals surface area (Å²) in [7, 11) is 0.502. The standard InChI is InChI=1S/C17H20N4O3S/c1-20(14-6-4-3-5-7-14)16(22)13-10-18-17(19-11-13)21(2)15-8-9-25(23,24)12-15/h3-7,10-11,15H,8-9,12H2,1-2H3. The maximum absolute atomic E-state index is 12.5. The van der Waals surface area contributed by atoms with Gasteiger partial charge in [-0.15, -0.1) is 0 Å². The number of carbonyl (C=O) groups excluding carboxylic acids is 1. The van der Waals surface area contributed by atoms with Gasteiger partial charge in [-0.25, -0.2) is 18.4 Å². The molecule has 25 heavy (non-hydrogen) atoms. The summed E-state index contributed by atoms with van der Waals surface area (Å²) in [5.41, 5.74) is 1.16. The highest BCUT2D eigenvalue weighted by Crippen LogP contribution is 2.20. The molecule has 0 N–H and O–H groups in total. The zero-order chi connectivity index (χ0) is 18.0. The van der Waals surface area contributed by atoms with Crippen molar-refractivity contribution in [3.05, 3.63) is 48.3 Å². The molecular weight excluding hydrogens is 340 g/mol. The van der Waals surface area contributed by atoms with E-state index in [0.717, 1.165) is 5.69 Å². The first kappa shape index (κ1) is 17.3. The summed E-state index contributed by atoms with van der Waals surface area (Å²) in [6.07, 6.45) is 3.52. The van der Waals surface area contributed by atoms with Gasteiger partial charge in [0.05, 0.1) is 17.1 Å². The Bertz CT molecular complexity index is 853. The van der Waals surface area contributed by atoms with Gasteiger partial charge in [-0.2, -0.15) is 0 Å². The van der Waals surface area contributed by atoms with Crippen LogP contribution in [0.2, 0.25) is 0 Å². The Labute approximate surface area is 147 Å². The Balaban J connectivity index is 1.73. The molecule has 2 heterocycles. The molecule has 1 aliphatic heterocycles. The topological polar surface area (TPSA) is 83.5 Å². The van der Waals surface area contributed by atoms with Crippen LogP contribution in [0.5, 0.6) is 0 Å². The van der Waals surface area contributed by atoms with E-state index in [9.17, 15) is 13.2 Å². The number of hydrogen-bond acceptors (Lipinski definition) is 6. The predicted molar refractivity (Wildman–Crippen MR) is 96.7 cm³/mol. The third-order valence-corrected chi connectivity index (χ3v) is 6.16. The van der Waals surface area contributed by atoms with Crippen molar-refractivity contribution >= 4 is 27.4 Å². The maximum atomic E-state index is 12.5. The summed E-state index contributed by atoms with van der Waals surface area (Å²) in [5.74, 6) is 0.523. The number of benzene rings is 1. The summed E-state index contributed by atoms with van der Waals surface area (Å²) in [6, 6.07) is 9.19. The van der Waals surface area contributed by atoms with Gasteiger partial charge in [0.2, 0.25) is 5.95 Å². The van der Waals surface area contributed by atoms with Crippen molar-refractivity contribution < 1.29 is 13.2 Å². The SMILES string of the molecule is CN(C(=O)c1cnc(N(C)C2CCS(=O)(=O)C2)nc1)c1ccccc1. The normalized spacial score (nSPS) is 18.7. The third kappa shape index (κ3) is 3.79. The third-order valence-electron chi connectivity index (χ3n) is 4.40. The molecule has 0 spiro atoms. The second-order valence-electron chi connectivity index (χ2n) is 6.14. The summed E-state index contributed by atoms with van der Waals surface area (Å²) in [5, 5.41) is 0. The van der Waals surface area contributed by atoms with E-state index >= 15 is 0 Å². The van der Waals surface area contributed by atoms with Crippen molar-refractivity contribution in [1.29, 1.82) is 0 Å². The summed E-state index contributed by atoms with van der Waals surface area (Å²) in [6.45, 7) is 0. The first-order valence-corrected chi connectivity index (χ1v) is 9.78. The second-order valence-corrected chi connectivity index (χ2v) is 8.37. The highest BCUT2D eigenvalue weighted by Gasteiger charge is 2.31. The van der Waals surface area contributed by atoms with E-state index in [1.54, 1.807) is 19.0 Å². The Morgan fingerprint density at radius 1 is 1.12 bits per heavy atom. The zero-order valence-electron chi connectivity index (χ0n) is 14.2. The van der Waals surface area contributed by atoms with E-state index in [2.05, 4.69) is 9.97 Å². The van der Waals surface area contributed by atoms with Crippen LogP contribution in [0.25, 0.3) is 0 Å². The molecule has 1 atom stereocenters. The van der Waals surface area contributed by atoms with Crippen LogP contribution in [0.15, 0.2) is 42.7 Å². The molecule has 7 nitrogen and oxygen atoms in total. The van der Waals surface area contributed by atoms with Crippen LogP contribution in [0.3, 0.4) is 0 Å². The van der Waals surface area contributed by atoms with Crippen LogP contribution in [-0.2, 0) is 9.84 Å². The van der Waals surface area contributed by atoms with Crippen molar-refractivity contribution in [1.82, 2.24) is 9.97 Å². The van der Waals surface area contributed by atoms with Gasteiger partial charge in [0.1, 0.15) is 0 Å². The predicted octanol–water partition coefficient (Wildman–Crippen LogP) is 1.38. The molecule has 1 unspecified atom stereocenters. The lowest BCUT2D eigenvalue weighted by molar-refractivity contribution is 0.0992. The minimum Gasteiger partial charge on any atom is -0.340 e. The average molecular weight is 360 g/mol. The smallest absolute Gasteiger partial charge is 0.261 e. The second kappa shape index (κ2) is 6.79. The molecule has 1 fully saturated rings. The quantitative estimate of drug-likeness (QED) is 0.819. The number of sulfone groups is 1. The fourth-order valence-electron chi connectivity index (χ4n) is 2.82. The Morgan fingerprint density at radius 3 is 2.32 bits per heavy atom. The fourth-order valence-corrected chi connectivity index (χ4v) is 4.59. The highest BCUT2D eigenvalue weighted by molar-refractivity contribution is 7.91. The lowest BCUT2D eigenvalue weighted by Gasteiger charge is -2.23. The highest BCUT2D eigenvalue weighted by atomic mass is 32.2. The van der Waals surface area contributed by atoms with E-state index in [-0.39, 0.29) is 23.5 Å². The van der Waals surface area contributed by atoms with E-state index in [0.29, 0.717) is 17.9 Å². The molecular formula is C17H20N4O3S. The van der Waals surface area contributed by atoms with Crippen LogP contribution in [-0.4, -0.2) is 55.9 Å². The number of para-hydroxylation sites is 1. The first-order chi connectivity index (χ1) is 11.9. The molecule has 0 saturated carbocycles. The van der Waals surface area contributed by atoms with Gasteiger partial charge in [-0.05, 0) is 18.6 Å². The number of rotatable bonds is 4. The fraction of sp³-hybridized carbons (Fsp3) is 0.353. The molecule has 1 aliphatic rings. The lowest BCUT2D eigenvalue weighted by Crippen LogP contribution is -2.34. The number of nitrogens with zero attached hydrogens (tertiary/aromatic N) is 4. The van der Waals surface area contributed by atoms with Crippen LogP contribution in [0.4, 0.5) is 11.6 Å². The van der Waals surface area contributed by atoms with Crippen molar-refractivity contribution in [3.8, 4) is 0 Å². The minimum atomic E-state index is -2.97. The zero-order valence-corrected chi connectivity index (χ0v) is 15.0. The van der Waals surface area contributed by atoms with E-state index < -0.39 is 9.84 Å². The van der Waals surface area contributed by atoms with Crippen LogP contribution >= 0.6 is 0 Å². The molecule has 0 radical (unpaired) electrons. The largest absolute Gasteiger partial charge is 0.340 e. The summed E-state index contributed by atoms with van der Waals surface area (Å²) >= 11 is 0. The van der Waals surface area contributed by atoms with Gasteiger partial charge in [0.25, 0.3) is 5.91 Å². The van der Waals surface area contributed by atoms with Crippen molar-refractivity contribution in [3.63, 3.8) is 0 Å². The molecule has 1 aromatic heterocycles. The van der Waals surface area contributed by atoms with E-state index in [1.807, 2.05) is 30.3 Å². The van der Waals surface area contributed by atoms with Gasteiger partial charge in [0, 0.05) is 38.2 Å². The number of anilines is 2. The minimum absolute atomic E-state index is 0.115. The van der Waals surface area contributed by atoms with E-state index in [4.69, 9.17) is 0 Å². The van der Waals surface area contributed by atoms with Crippen LogP contribution in [0, 0.1) is 0 Å². The van der Waals surface area contributed by atoms with Crippen molar-refractivity contribution in [2.75, 3.05) is 35.4 Å². The summed E-state index contributed by atoms with van der Waals surface area (Å²) < 4.78 is 23.2. The van der Waals surface area contributed by atoms with Gasteiger partial charge in [-0.3, -0.25) is 4.79 Å². The molecule has 8 heteroatoms. The molecule has 2 aromatic rings. The Hall–Kier alpha value is -2.48. The number of aromatic nitrogens is 2. The Morgan fingerprint density at radius 2 is 1.76 bits per heavy atom. The molecule has 0 aliphatic carbocycles. The number of carbonyl (C=O) groups is 1. The number of amides is 1. The van der Waals surface area contributed by atoms with Gasteiger partial charge in [0.15, 0.2) is 9.84 Å². The van der Waals surface area contributed by atoms with Gasteiger partial charge in [-0.1, -0.05) is 18.2 Å². The summed E-state index contributed by atoms with van der Waals surface area (Å²) in [4.78, 5) is 24.3. The number of hydrogen-bond donors (Lipinski definition) is 0. The molecule has 1 saturated heterocycles. The molecule has 1 amide bonds. The molecule has 132 valence electrons. The lowest BCUT2D eigenvalue weighted by atomic mass is 10.2. The van der Waals surface area contributed by atoms with Crippen LogP contribution in [0.1, 0.15) is 16.8 Å².